The Labute approximate surface area is 89.2 Å². The van der Waals surface area contributed by atoms with E-state index < -0.39 is 17.6 Å². The third-order valence-corrected chi connectivity index (χ3v) is 1.63. The van der Waals surface area contributed by atoms with E-state index in [0.29, 0.717) is 0 Å². The van der Waals surface area contributed by atoms with Crippen LogP contribution in [0.2, 0.25) is 0 Å². The molecule has 0 fully saturated rings. The zero-order valence-electron chi connectivity index (χ0n) is 7.94. The van der Waals surface area contributed by atoms with Gasteiger partial charge >= 0.3 is 5.97 Å². The number of nitrogens with zero attached hydrogens (tertiary/aromatic N) is 4. The van der Waals surface area contributed by atoms with Crippen molar-refractivity contribution < 1.29 is 14.5 Å². The Hall–Kier alpha value is -2.60. The van der Waals surface area contributed by atoms with Crippen LogP contribution >= 0.6 is 0 Å². The van der Waals surface area contributed by atoms with Crippen molar-refractivity contribution in [1.82, 2.24) is 0 Å². The number of hydrogen-bond acceptors (Lipinski definition) is 5. The van der Waals surface area contributed by atoms with Crippen molar-refractivity contribution >= 4 is 11.7 Å². The minimum Gasteiger partial charge on any atom is -0.456 e. The van der Waals surface area contributed by atoms with Gasteiger partial charge in [-0.05, 0) is 17.7 Å². The average molecular weight is 222 g/mol. The summed E-state index contributed by atoms with van der Waals surface area (Å²) in [6.07, 6.45) is 0. The zero-order chi connectivity index (χ0) is 12.0. The van der Waals surface area contributed by atoms with E-state index in [4.69, 9.17) is 5.53 Å². The standard InChI is InChI=1S/C8H6N4O4/c9-11-10-5-16-8(13)6-1-3-7(4-2-6)12(14)15/h1-4H,5H2. The van der Waals surface area contributed by atoms with Crippen molar-refractivity contribution in [1.29, 1.82) is 0 Å². The van der Waals surface area contributed by atoms with Crippen LogP contribution in [0.1, 0.15) is 10.4 Å². The van der Waals surface area contributed by atoms with Gasteiger partial charge < -0.3 is 4.74 Å². The summed E-state index contributed by atoms with van der Waals surface area (Å²) in [6, 6.07) is 4.89. The molecule has 0 spiro atoms. The molecule has 16 heavy (non-hydrogen) atoms. The van der Waals surface area contributed by atoms with Gasteiger partial charge in [0, 0.05) is 17.0 Å². The van der Waals surface area contributed by atoms with E-state index >= 15 is 0 Å². The van der Waals surface area contributed by atoms with Crippen LogP contribution in [0.25, 0.3) is 10.4 Å². The van der Waals surface area contributed by atoms with Gasteiger partial charge in [0.1, 0.15) is 0 Å². The fraction of sp³-hybridized carbons (Fsp3) is 0.125. The van der Waals surface area contributed by atoms with Crippen LogP contribution in [-0.2, 0) is 4.74 Å². The number of hydrogen-bond donors (Lipinski definition) is 0. The highest BCUT2D eigenvalue weighted by Crippen LogP contribution is 2.12. The van der Waals surface area contributed by atoms with Crippen molar-refractivity contribution in [3.63, 3.8) is 0 Å². The van der Waals surface area contributed by atoms with Crippen molar-refractivity contribution in [3.05, 3.63) is 50.4 Å². The Balaban J connectivity index is 2.70. The second kappa shape index (κ2) is 5.32. The van der Waals surface area contributed by atoms with Crippen LogP contribution in [0.5, 0.6) is 0 Å². The number of carbonyl (C=O) groups excluding carboxylic acids is 1. The normalized spacial score (nSPS) is 9.00. The van der Waals surface area contributed by atoms with Crippen LogP contribution in [0.3, 0.4) is 0 Å². The van der Waals surface area contributed by atoms with Crippen LogP contribution in [0.15, 0.2) is 29.4 Å². The molecule has 0 bridgehead atoms. The molecule has 0 heterocycles. The third-order valence-electron chi connectivity index (χ3n) is 1.63. The summed E-state index contributed by atoms with van der Waals surface area (Å²) < 4.78 is 4.54. The van der Waals surface area contributed by atoms with Crippen LogP contribution in [0, 0.1) is 10.1 Å². The van der Waals surface area contributed by atoms with Gasteiger partial charge in [-0.2, -0.15) is 0 Å². The fourth-order valence-electron chi connectivity index (χ4n) is 0.916. The topological polar surface area (TPSA) is 118 Å². The van der Waals surface area contributed by atoms with Gasteiger partial charge in [0.05, 0.1) is 10.5 Å². The second-order valence-corrected chi connectivity index (χ2v) is 2.60. The van der Waals surface area contributed by atoms with E-state index in [1.54, 1.807) is 0 Å². The number of benzene rings is 1. The predicted molar refractivity (Wildman–Crippen MR) is 52.5 cm³/mol. The summed E-state index contributed by atoms with van der Waals surface area (Å²) in [5, 5.41) is 13.3. The molecule has 8 heteroatoms. The van der Waals surface area contributed by atoms with E-state index in [1.165, 1.54) is 24.3 Å². The van der Waals surface area contributed by atoms with Crippen molar-refractivity contribution in [2.24, 2.45) is 5.11 Å². The molecule has 0 saturated heterocycles. The molecule has 0 aliphatic rings. The molecule has 0 amide bonds. The molecule has 0 aliphatic carbocycles. The van der Waals surface area contributed by atoms with Crippen molar-refractivity contribution in [2.75, 3.05) is 6.73 Å². The Morgan fingerprint density at radius 3 is 2.62 bits per heavy atom. The number of esters is 1. The highest BCUT2D eigenvalue weighted by Gasteiger charge is 2.09. The lowest BCUT2D eigenvalue weighted by Crippen LogP contribution is -2.04. The molecule has 0 unspecified atom stereocenters. The Bertz CT molecular complexity index is 450. The van der Waals surface area contributed by atoms with Gasteiger partial charge in [-0.25, -0.2) is 4.79 Å². The minimum absolute atomic E-state index is 0.119. The number of ether oxygens (including phenoxy) is 1. The summed E-state index contributed by atoms with van der Waals surface area (Å²) >= 11 is 0. The van der Waals surface area contributed by atoms with Gasteiger partial charge in [-0.3, -0.25) is 10.1 Å². The van der Waals surface area contributed by atoms with Gasteiger partial charge in [-0.15, -0.1) is 0 Å². The number of nitro groups is 1. The molecular formula is C8H6N4O4. The van der Waals surface area contributed by atoms with Gasteiger partial charge in [0.25, 0.3) is 5.69 Å². The summed E-state index contributed by atoms with van der Waals surface area (Å²) in [6.45, 7) is -0.410. The maximum absolute atomic E-state index is 11.2. The Kier molecular flexibility index (Phi) is 3.82. The lowest BCUT2D eigenvalue weighted by molar-refractivity contribution is -0.384. The van der Waals surface area contributed by atoms with Crippen LogP contribution in [0.4, 0.5) is 5.69 Å². The van der Waals surface area contributed by atoms with E-state index in [9.17, 15) is 14.9 Å². The smallest absolute Gasteiger partial charge is 0.338 e. The number of nitro benzene ring substituents is 1. The first-order valence-corrected chi connectivity index (χ1v) is 4.07. The van der Waals surface area contributed by atoms with E-state index in [0.717, 1.165) is 0 Å². The van der Waals surface area contributed by atoms with E-state index in [-0.39, 0.29) is 11.3 Å². The number of azide groups is 1. The highest BCUT2D eigenvalue weighted by molar-refractivity contribution is 5.89. The minimum atomic E-state index is -0.706. The highest BCUT2D eigenvalue weighted by atomic mass is 16.6. The summed E-state index contributed by atoms with van der Waals surface area (Å²) in [4.78, 5) is 23.4. The Morgan fingerprint density at radius 2 is 2.12 bits per heavy atom. The number of rotatable bonds is 4. The summed E-state index contributed by atoms with van der Waals surface area (Å²) in [5.41, 5.74) is 7.97. The van der Waals surface area contributed by atoms with Crippen molar-refractivity contribution in [2.45, 2.75) is 0 Å². The van der Waals surface area contributed by atoms with Gasteiger partial charge in [0.15, 0.2) is 6.73 Å². The molecule has 0 radical (unpaired) electrons. The molecule has 1 aromatic carbocycles. The maximum atomic E-state index is 11.2. The average Bonchev–Trinajstić information content (AvgIpc) is 2.29. The summed E-state index contributed by atoms with van der Waals surface area (Å²) in [7, 11) is 0. The molecular weight excluding hydrogens is 216 g/mol. The first kappa shape index (κ1) is 11.5. The maximum Gasteiger partial charge on any atom is 0.338 e. The van der Waals surface area contributed by atoms with Gasteiger partial charge in [-0.1, -0.05) is 5.11 Å². The Morgan fingerprint density at radius 1 is 1.50 bits per heavy atom. The zero-order valence-corrected chi connectivity index (χ0v) is 7.94. The second-order valence-electron chi connectivity index (χ2n) is 2.60. The molecule has 8 nitrogen and oxygen atoms in total. The summed E-state index contributed by atoms with van der Waals surface area (Å²) in [5.74, 6) is -0.706. The molecule has 0 aliphatic heterocycles. The van der Waals surface area contributed by atoms with E-state index in [1.807, 2.05) is 0 Å². The van der Waals surface area contributed by atoms with Crippen LogP contribution in [-0.4, -0.2) is 17.6 Å². The molecule has 0 saturated carbocycles. The quantitative estimate of drug-likeness (QED) is 0.193. The molecule has 1 aromatic rings. The van der Waals surface area contributed by atoms with Crippen LogP contribution < -0.4 is 0 Å². The lowest BCUT2D eigenvalue weighted by atomic mass is 10.2. The third kappa shape index (κ3) is 2.96. The fourth-order valence-corrected chi connectivity index (χ4v) is 0.916. The first-order valence-electron chi connectivity index (χ1n) is 4.07. The van der Waals surface area contributed by atoms with Crippen molar-refractivity contribution in [3.8, 4) is 0 Å². The molecule has 0 atom stereocenters. The number of non-ortho nitro benzene ring substituents is 1. The first-order chi connectivity index (χ1) is 7.65. The molecule has 82 valence electrons. The monoisotopic (exact) mass is 222 g/mol. The molecule has 0 aromatic heterocycles. The predicted octanol–water partition coefficient (Wildman–Crippen LogP) is 2.02. The SMILES string of the molecule is [N-]=[N+]=NCOC(=O)c1ccc([N+](=O)[O-])cc1. The lowest BCUT2D eigenvalue weighted by Gasteiger charge is -2.00. The molecule has 1 rings (SSSR count). The number of carbonyl (C=O) groups is 1. The van der Waals surface area contributed by atoms with Gasteiger partial charge in [0.2, 0.25) is 0 Å². The van der Waals surface area contributed by atoms with E-state index in [2.05, 4.69) is 14.8 Å². The molecule has 0 N–H and O–H groups in total. The largest absolute Gasteiger partial charge is 0.456 e.